The van der Waals surface area contributed by atoms with Gasteiger partial charge in [-0.05, 0) is 105 Å². The summed E-state index contributed by atoms with van der Waals surface area (Å²) in [4.78, 5) is 0. The Morgan fingerprint density at radius 1 is 0.410 bits per heavy atom. The second-order valence-corrected chi connectivity index (χ2v) is 10.3. The number of aromatic hydroxyl groups is 2. The van der Waals surface area contributed by atoms with Crippen LogP contribution in [0.1, 0.15) is 25.0 Å². The molecule has 0 saturated heterocycles. The van der Waals surface area contributed by atoms with Gasteiger partial charge in [-0.1, -0.05) is 62.4 Å². The normalized spacial score (nSPS) is 11.5. The zero-order valence-corrected chi connectivity index (χ0v) is 21.8. The number of phenols is 2. The Morgan fingerprint density at radius 2 is 0.769 bits per heavy atom. The number of ether oxygens (including phenoxy) is 2. The molecular weight excluding hydrogens is 484 g/mol. The lowest BCUT2D eigenvalue weighted by molar-refractivity contribution is 0.475. The largest absolute Gasteiger partial charge is 0.508 e. The van der Waals surface area contributed by atoms with Crippen LogP contribution in [0.15, 0.2) is 121 Å². The number of hydrogen-bond acceptors (Lipinski definition) is 4. The van der Waals surface area contributed by atoms with E-state index in [0.29, 0.717) is 0 Å². The summed E-state index contributed by atoms with van der Waals surface area (Å²) in [6.07, 6.45) is 0. The van der Waals surface area contributed by atoms with E-state index in [1.54, 1.807) is 24.3 Å². The van der Waals surface area contributed by atoms with Crippen LogP contribution >= 0.6 is 0 Å². The number of hydrogen-bond donors (Lipinski definition) is 2. The molecule has 192 valence electrons. The van der Waals surface area contributed by atoms with E-state index in [9.17, 15) is 10.2 Å². The van der Waals surface area contributed by atoms with Crippen molar-refractivity contribution in [1.82, 2.24) is 0 Å². The van der Waals surface area contributed by atoms with Gasteiger partial charge in [0.05, 0.1) is 0 Å². The first kappa shape index (κ1) is 24.4. The van der Waals surface area contributed by atoms with Gasteiger partial charge in [-0.2, -0.15) is 0 Å². The zero-order valence-electron chi connectivity index (χ0n) is 21.8. The van der Waals surface area contributed by atoms with Crippen molar-refractivity contribution in [3.05, 3.63) is 132 Å². The summed E-state index contributed by atoms with van der Waals surface area (Å²) >= 11 is 0. The van der Waals surface area contributed by atoms with E-state index in [4.69, 9.17) is 9.47 Å². The van der Waals surface area contributed by atoms with Crippen molar-refractivity contribution in [2.24, 2.45) is 0 Å². The Kier molecular flexibility index (Phi) is 6.08. The molecule has 0 unspecified atom stereocenters. The van der Waals surface area contributed by atoms with Gasteiger partial charge >= 0.3 is 0 Å². The molecule has 0 heterocycles. The highest BCUT2D eigenvalue weighted by Gasteiger charge is 2.23. The van der Waals surface area contributed by atoms with Crippen LogP contribution in [0.4, 0.5) is 0 Å². The van der Waals surface area contributed by atoms with Crippen molar-refractivity contribution in [3.8, 4) is 34.5 Å². The van der Waals surface area contributed by atoms with Crippen molar-refractivity contribution in [2.45, 2.75) is 19.3 Å². The average Bonchev–Trinajstić information content (AvgIpc) is 2.93. The predicted octanol–water partition coefficient (Wildman–Crippen LogP) is 9.31. The highest BCUT2D eigenvalue weighted by molar-refractivity contribution is 5.86. The lowest BCUT2D eigenvalue weighted by Gasteiger charge is -2.26. The van der Waals surface area contributed by atoms with E-state index < -0.39 is 0 Å². The Balaban J connectivity index is 1.16. The second-order valence-electron chi connectivity index (χ2n) is 10.3. The summed E-state index contributed by atoms with van der Waals surface area (Å²) < 4.78 is 12.2. The Morgan fingerprint density at radius 3 is 1.18 bits per heavy atom. The molecule has 39 heavy (non-hydrogen) atoms. The van der Waals surface area contributed by atoms with Crippen molar-refractivity contribution in [1.29, 1.82) is 0 Å². The zero-order chi connectivity index (χ0) is 27.0. The molecule has 0 saturated carbocycles. The summed E-state index contributed by atoms with van der Waals surface area (Å²) in [5.74, 6) is 3.42. The van der Waals surface area contributed by atoms with Crippen LogP contribution in [-0.2, 0) is 5.41 Å². The molecule has 0 aliphatic heterocycles. The molecule has 0 fully saturated rings. The number of benzene rings is 6. The van der Waals surface area contributed by atoms with Crippen LogP contribution in [0, 0.1) is 0 Å². The summed E-state index contributed by atoms with van der Waals surface area (Å²) in [5, 5.41) is 23.5. The fourth-order valence-corrected chi connectivity index (χ4v) is 4.87. The molecule has 0 radical (unpaired) electrons. The maximum atomic E-state index is 9.78. The van der Waals surface area contributed by atoms with Crippen molar-refractivity contribution < 1.29 is 19.7 Å². The van der Waals surface area contributed by atoms with Gasteiger partial charge in [-0.25, -0.2) is 0 Å². The first-order valence-electron chi connectivity index (χ1n) is 12.9. The van der Waals surface area contributed by atoms with Crippen LogP contribution in [-0.4, -0.2) is 10.2 Å². The summed E-state index contributed by atoms with van der Waals surface area (Å²) in [5.41, 5.74) is 2.11. The lowest BCUT2D eigenvalue weighted by atomic mass is 9.78. The number of phenolic OH excluding ortho intramolecular Hbond substituents is 2. The monoisotopic (exact) mass is 512 g/mol. The molecule has 0 bridgehead atoms. The summed E-state index contributed by atoms with van der Waals surface area (Å²) in [6, 6.07) is 38.6. The SMILES string of the molecule is CC(C)(c1ccc(Oc2ccc3ccc(O)cc3c2)cc1)c1ccc(Oc2ccc3ccc(O)cc3c2)cc1. The van der Waals surface area contributed by atoms with Crippen LogP contribution in [0.5, 0.6) is 34.5 Å². The molecular formula is C35H28O4. The quantitative estimate of drug-likeness (QED) is 0.233. The van der Waals surface area contributed by atoms with Gasteiger partial charge in [-0.3, -0.25) is 0 Å². The Hall–Kier alpha value is -4.96. The molecule has 2 N–H and O–H groups in total. The van der Waals surface area contributed by atoms with Crippen LogP contribution in [0.2, 0.25) is 0 Å². The minimum atomic E-state index is -0.224. The molecule has 6 rings (SSSR count). The van der Waals surface area contributed by atoms with Crippen LogP contribution in [0.25, 0.3) is 21.5 Å². The van der Waals surface area contributed by atoms with Gasteiger partial charge in [-0.15, -0.1) is 0 Å². The van der Waals surface area contributed by atoms with E-state index in [2.05, 4.69) is 38.1 Å². The minimum Gasteiger partial charge on any atom is -0.508 e. The highest BCUT2D eigenvalue weighted by Crippen LogP contribution is 2.35. The van der Waals surface area contributed by atoms with Crippen molar-refractivity contribution in [3.63, 3.8) is 0 Å². The maximum absolute atomic E-state index is 9.78. The fraction of sp³-hybridized carbons (Fsp3) is 0.0857. The fourth-order valence-electron chi connectivity index (χ4n) is 4.87. The molecule has 0 aliphatic carbocycles. The molecule has 0 atom stereocenters. The van der Waals surface area contributed by atoms with E-state index in [0.717, 1.165) is 44.5 Å². The van der Waals surface area contributed by atoms with E-state index >= 15 is 0 Å². The van der Waals surface area contributed by atoms with Gasteiger partial charge in [0.15, 0.2) is 0 Å². The topological polar surface area (TPSA) is 58.9 Å². The van der Waals surface area contributed by atoms with E-state index in [1.165, 1.54) is 11.1 Å². The smallest absolute Gasteiger partial charge is 0.128 e. The number of fused-ring (bicyclic) bond motifs is 2. The summed E-state index contributed by atoms with van der Waals surface area (Å²) in [7, 11) is 0. The first-order valence-corrected chi connectivity index (χ1v) is 12.9. The van der Waals surface area contributed by atoms with Gasteiger partial charge in [0.25, 0.3) is 0 Å². The first-order chi connectivity index (χ1) is 18.8. The van der Waals surface area contributed by atoms with Crippen molar-refractivity contribution in [2.75, 3.05) is 0 Å². The van der Waals surface area contributed by atoms with Gasteiger partial charge in [0.2, 0.25) is 0 Å². The molecule has 0 aromatic heterocycles. The molecule has 0 aliphatic rings. The van der Waals surface area contributed by atoms with Crippen molar-refractivity contribution >= 4 is 21.5 Å². The third-order valence-corrected chi connectivity index (χ3v) is 7.21. The Bertz CT molecular complexity index is 1650. The molecule has 0 amide bonds. The minimum absolute atomic E-state index is 0.224. The Labute approximate surface area is 227 Å². The molecule has 4 nitrogen and oxygen atoms in total. The van der Waals surface area contributed by atoms with Crippen LogP contribution in [0.3, 0.4) is 0 Å². The maximum Gasteiger partial charge on any atom is 0.128 e. The predicted molar refractivity (Wildman–Crippen MR) is 156 cm³/mol. The van der Waals surface area contributed by atoms with Gasteiger partial charge < -0.3 is 19.7 Å². The number of rotatable bonds is 6. The second kappa shape index (κ2) is 9.73. The standard InChI is InChI=1S/C35H28O4/c1-35(2,27-7-15-31(16-8-27)38-33-13-5-23-3-11-29(36)19-25(23)21-33)28-9-17-32(18-10-28)39-34-14-6-24-4-12-30(37)20-26(24)22-34/h3-22,36-37H,1-2H3. The molecule has 6 aromatic rings. The van der Waals surface area contributed by atoms with Gasteiger partial charge in [0.1, 0.15) is 34.5 Å². The summed E-state index contributed by atoms with van der Waals surface area (Å²) in [6.45, 7) is 4.40. The average molecular weight is 513 g/mol. The third-order valence-electron chi connectivity index (χ3n) is 7.21. The van der Waals surface area contributed by atoms with E-state index in [-0.39, 0.29) is 16.9 Å². The third kappa shape index (κ3) is 5.10. The van der Waals surface area contributed by atoms with Gasteiger partial charge in [0, 0.05) is 5.41 Å². The lowest BCUT2D eigenvalue weighted by Crippen LogP contribution is -2.18. The molecule has 6 aromatic carbocycles. The molecule has 0 spiro atoms. The van der Waals surface area contributed by atoms with E-state index in [1.807, 2.05) is 72.8 Å². The van der Waals surface area contributed by atoms with Crippen LogP contribution < -0.4 is 9.47 Å². The highest BCUT2D eigenvalue weighted by atomic mass is 16.5. The molecule has 4 heteroatoms.